The molecular formula is C8H14NS+. The molecule has 1 heterocycles. The molecule has 10 heavy (non-hydrogen) atoms. The van der Waals surface area contributed by atoms with Gasteiger partial charge in [0, 0.05) is 0 Å². The highest BCUT2D eigenvalue weighted by atomic mass is 32.1. The van der Waals surface area contributed by atoms with Crippen molar-refractivity contribution in [3.63, 3.8) is 0 Å². The summed E-state index contributed by atoms with van der Waals surface area (Å²) in [6.45, 7) is 4.50. The normalized spacial score (nSPS) is 10.8. The zero-order valence-electron chi connectivity index (χ0n) is 6.79. The second-order valence-corrected chi connectivity index (χ2v) is 4.05. The van der Waals surface area contributed by atoms with Gasteiger partial charge < -0.3 is 0 Å². The van der Waals surface area contributed by atoms with Crippen molar-refractivity contribution in [2.75, 3.05) is 0 Å². The molecule has 0 aromatic carbocycles. The Kier molecular flexibility index (Phi) is 2.44. The molecule has 0 atom stereocenters. The van der Waals surface area contributed by atoms with Crippen molar-refractivity contribution in [1.29, 1.82) is 0 Å². The Hall–Kier alpha value is -0.370. The van der Waals surface area contributed by atoms with Crippen LogP contribution < -0.4 is 4.57 Å². The minimum atomic E-state index is 0.777. The van der Waals surface area contributed by atoms with Gasteiger partial charge in [0.05, 0.1) is 4.88 Å². The summed E-state index contributed by atoms with van der Waals surface area (Å²) in [4.78, 5) is 1.48. The van der Waals surface area contributed by atoms with E-state index in [1.165, 1.54) is 11.3 Å². The number of thiazole rings is 1. The predicted octanol–water partition coefficient (Wildman–Crippen LogP) is 1.77. The Morgan fingerprint density at radius 3 is 2.70 bits per heavy atom. The molecule has 1 nitrogen and oxygen atoms in total. The summed E-state index contributed by atoms with van der Waals surface area (Å²) in [5.74, 6) is 0.777. The van der Waals surface area contributed by atoms with E-state index in [0.717, 1.165) is 5.92 Å². The van der Waals surface area contributed by atoms with E-state index in [2.05, 4.69) is 37.2 Å². The van der Waals surface area contributed by atoms with Crippen LogP contribution in [0.1, 0.15) is 18.7 Å². The fourth-order valence-corrected chi connectivity index (χ4v) is 1.96. The number of aryl methyl sites for hydroxylation is 1. The molecule has 0 amide bonds. The van der Waals surface area contributed by atoms with Crippen LogP contribution in [0, 0.1) is 5.92 Å². The lowest BCUT2D eigenvalue weighted by Gasteiger charge is -1.96. The quantitative estimate of drug-likeness (QED) is 0.575. The summed E-state index contributed by atoms with van der Waals surface area (Å²) >= 11 is 1.84. The average molecular weight is 156 g/mol. The fraction of sp³-hybridized carbons (Fsp3) is 0.625. The molecule has 0 radical (unpaired) electrons. The van der Waals surface area contributed by atoms with Crippen LogP contribution in [-0.4, -0.2) is 0 Å². The van der Waals surface area contributed by atoms with Gasteiger partial charge in [-0.2, -0.15) is 4.57 Å². The van der Waals surface area contributed by atoms with E-state index in [9.17, 15) is 0 Å². The third-order valence-electron chi connectivity index (χ3n) is 1.33. The average Bonchev–Trinajstić information content (AvgIpc) is 2.13. The Morgan fingerprint density at radius 2 is 2.30 bits per heavy atom. The van der Waals surface area contributed by atoms with Crippen LogP contribution in [-0.2, 0) is 13.5 Å². The highest BCUT2D eigenvalue weighted by Gasteiger charge is 2.03. The van der Waals surface area contributed by atoms with Crippen LogP contribution in [0.2, 0.25) is 0 Å². The van der Waals surface area contributed by atoms with Crippen molar-refractivity contribution < 1.29 is 4.57 Å². The van der Waals surface area contributed by atoms with Crippen LogP contribution in [0.15, 0.2) is 11.7 Å². The zero-order chi connectivity index (χ0) is 7.56. The number of nitrogens with zero attached hydrogens (tertiary/aromatic N) is 1. The van der Waals surface area contributed by atoms with E-state index < -0.39 is 0 Å². The maximum absolute atomic E-state index is 2.25. The molecular weight excluding hydrogens is 142 g/mol. The lowest BCUT2D eigenvalue weighted by Crippen LogP contribution is -2.22. The molecule has 56 valence electrons. The molecule has 0 N–H and O–H groups in total. The smallest absolute Gasteiger partial charge is 0.198 e. The van der Waals surface area contributed by atoms with E-state index >= 15 is 0 Å². The molecule has 0 aliphatic carbocycles. The Morgan fingerprint density at radius 1 is 1.60 bits per heavy atom. The minimum Gasteiger partial charge on any atom is -0.198 e. The summed E-state index contributed by atoms with van der Waals surface area (Å²) in [5.41, 5.74) is 2.14. The van der Waals surface area contributed by atoms with E-state index in [0.29, 0.717) is 0 Å². The number of aromatic nitrogens is 1. The van der Waals surface area contributed by atoms with E-state index in [1.54, 1.807) is 0 Å². The zero-order valence-corrected chi connectivity index (χ0v) is 7.61. The second kappa shape index (κ2) is 3.15. The van der Waals surface area contributed by atoms with Gasteiger partial charge in [0.25, 0.3) is 0 Å². The SMILES string of the molecule is CC(C)Cc1c[n+](C)cs1. The maximum Gasteiger partial charge on any atom is 0.224 e. The number of rotatable bonds is 2. The highest BCUT2D eigenvalue weighted by Crippen LogP contribution is 2.10. The highest BCUT2D eigenvalue weighted by molar-refractivity contribution is 7.09. The first-order chi connectivity index (χ1) is 4.68. The molecule has 0 spiro atoms. The van der Waals surface area contributed by atoms with Crippen molar-refractivity contribution in [2.24, 2.45) is 13.0 Å². The molecule has 0 saturated carbocycles. The van der Waals surface area contributed by atoms with Crippen LogP contribution in [0.3, 0.4) is 0 Å². The fourth-order valence-electron chi connectivity index (χ4n) is 0.942. The largest absolute Gasteiger partial charge is 0.224 e. The van der Waals surface area contributed by atoms with Gasteiger partial charge in [0.2, 0.25) is 5.51 Å². The summed E-state index contributed by atoms with van der Waals surface area (Å²) in [5, 5.41) is 0. The van der Waals surface area contributed by atoms with E-state index in [1.807, 2.05) is 11.3 Å². The second-order valence-electron chi connectivity index (χ2n) is 3.08. The van der Waals surface area contributed by atoms with Gasteiger partial charge in [-0.1, -0.05) is 25.2 Å². The first kappa shape index (κ1) is 7.73. The summed E-state index contributed by atoms with van der Waals surface area (Å²) < 4.78 is 2.11. The van der Waals surface area contributed by atoms with Crippen molar-refractivity contribution in [1.82, 2.24) is 0 Å². The van der Waals surface area contributed by atoms with Gasteiger partial charge in [-0.15, -0.1) is 0 Å². The molecule has 1 rings (SSSR count). The molecule has 0 saturated heterocycles. The van der Waals surface area contributed by atoms with Gasteiger partial charge in [-0.25, -0.2) is 0 Å². The summed E-state index contributed by atoms with van der Waals surface area (Å²) in [6.07, 6.45) is 3.41. The first-order valence-corrected chi connectivity index (χ1v) is 4.49. The Bertz CT molecular complexity index is 203. The van der Waals surface area contributed by atoms with Gasteiger partial charge in [0.1, 0.15) is 7.05 Å². The molecule has 0 bridgehead atoms. The maximum atomic E-state index is 2.25. The third-order valence-corrected chi connectivity index (χ3v) is 2.34. The molecule has 2 heteroatoms. The molecule has 0 fully saturated rings. The number of hydrogen-bond donors (Lipinski definition) is 0. The monoisotopic (exact) mass is 156 g/mol. The van der Waals surface area contributed by atoms with Crippen LogP contribution >= 0.6 is 11.3 Å². The summed E-state index contributed by atoms with van der Waals surface area (Å²) in [7, 11) is 2.07. The van der Waals surface area contributed by atoms with Gasteiger partial charge in [-0.05, 0) is 12.3 Å². The summed E-state index contributed by atoms with van der Waals surface area (Å²) in [6, 6.07) is 0. The lowest BCUT2D eigenvalue weighted by atomic mass is 10.1. The van der Waals surface area contributed by atoms with Gasteiger partial charge >= 0.3 is 0 Å². The number of hydrogen-bond acceptors (Lipinski definition) is 1. The van der Waals surface area contributed by atoms with Crippen LogP contribution in [0.4, 0.5) is 0 Å². The molecule has 0 aliphatic heterocycles. The molecule has 0 unspecified atom stereocenters. The molecule has 1 aromatic heterocycles. The third kappa shape index (κ3) is 2.10. The minimum absolute atomic E-state index is 0.777. The lowest BCUT2D eigenvalue weighted by molar-refractivity contribution is -0.666. The topological polar surface area (TPSA) is 3.88 Å². The van der Waals surface area contributed by atoms with E-state index in [-0.39, 0.29) is 0 Å². The van der Waals surface area contributed by atoms with Crippen molar-refractivity contribution in [3.8, 4) is 0 Å². The van der Waals surface area contributed by atoms with Crippen molar-refractivity contribution in [2.45, 2.75) is 20.3 Å². The van der Waals surface area contributed by atoms with Gasteiger partial charge in [-0.3, -0.25) is 0 Å². The Balaban J connectivity index is 2.58. The van der Waals surface area contributed by atoms with Crippen molar-refractivity contribution in [3.05, 3.63) is 16.6 Å². The van der Waals surface area contributed by atoms with Crippen LogP contribution in [0.25, 0.3) is 0 Å². The molecule has 1 aromatic rings. The standard InChI is InChI=1S/C8H14NS/c1-7(2)4-8-5-9(3)6-10-8/h5-7H,4H2,1-3H3/q+1. The van der Waals surface area contributed by atoms with Crippen LogP contribution in [0.5, 0.6) is 0 Å². The first-order valence-electron chi connectivity index (χ1n) is 3.61. The Labute approximate surface area is 66.3 Å². The van der Waals surface area contributed by atoms with Crippen molar-refractivity contribution >= 4 is 11.3 Å². The predicted molar refractivity (Wildman–Crippen MR) is 44.0 cm³/mol. The molecule has 0 aliphatic rings. The van der Waals surface area contributed by atoms with E-state index in [4.69, 9.17) is 0 Å². The van der Waals surface area contributed by atoms with Gasteiger partial charge in [0.15, 0.2) is 6.20 Å².